The molecule has 2 saturated heterocycles. The third-order valence-corrected chi connectivity index (χ3v) is 8.76. The first-order chi connectivity index (χ1) is 19.3. The van der Waals surface area contributed by atoms with Gasteiger partial charge in [-0.15, -0.1) is 0 Å². The highest BCUT2D eigenvalue weighted by molar-refractivity contribution is 5.89. The number of fused-ring (bicyclic) bond motifs is 1. The molecule has 42 heavy (non-hydrogen) atoms. The van der Waals surface area contributed by atoms with E-state index in [1.54, 1.807) is 0 Å². The van der Waals surface area contributed by atoms with Crippen LogP contribution in [-0.4, -0.2) is 99.1 Å². The highest BCUT2D eigenvalue weighted by Crippen LogP contribution is 2.66. The molecule has 0 aromatic heterocycles. The summed E-state index contributed by atoms with van der Waals surface area (Å²) in [5.74, 6) is -5.77. The first kappa shape index (κ1) is 31.6. The summed E-state index contributed by atoms with van der Waals surface area (Å²) in [5.41, 5.74) is -7.56. The van der Waals surface area contributed by atoms with Crippen molar-refractivity contribution in [3.8, 4) is 0 Å². The molecule has 0 saturated carbocycles. The Hall–Kier alpha value is -3.33. The van der Waals surface area contributed by atoms with Gasteiger partial charge < -0.3 is 43.7 Å². The molecular weight excluding hydrogens is 560 g/mol. The molecule has 0 aromatic rings. The lowest BCUT2D eigenvalue weighted by Crippen LogP contribution is -2.68. The van der Waals surface area contributed by atoms with E-state index in [1.165, 1.54) is 26.8 Å². The number of carbonyl (C=O) groups excluding carboxylic acids is 5. The minimum atomic E-state index is -2.21. The number of ether oxygens (including phenoxy) is 6. The van der Waals surface area contributed by atoms with Crippen LogP contribution in [0.15, 0.2) is 23.5 Å². The van der Waals surface area contributed by atoms with E-state index in [1.807, 2.05) is 0 Å². The molecule has 2 aliphatic carbocycles. The Bertz CT molecular complexity index is 1270. The Labute approximate surface area is 241 Å². The third-order valence-electron chi connectivity index (χ3n) is 8.76. The topological polar surface area (TPSA) is 205 Å². The first-order valence-electron chi connectivity index (χ1n) is 13.4. The molecule has 2 aliphatic heterocycles. The first-order valence-corrected chi connectivity index (χ1v) is 13.4. The molecule has 0 bridgehead atoms. The molecule has 0 aromatic carbocycles. The summed E-state index contributed by atoms with van der Waals surface area (Å²) in [5, 5.41) is 34.5. The number of epoxide rings is 1. The summed E-state index contributed by atoms with van der Waals surface area (Å²) in [6.07, 6.45) is -5.63. The Morgan fingerprint density at radius 1 is 0.952 bits per heavy atom. The van der Waals surface area contributed by atoms with E-state index in [4.69, 9.17) is 28.4 Å². The molecule has 1 spiro atoms. The van der Waals surface area contributed by atoms with Crippen molar-refractivity contribution in [2.75, 3.05) is 6.61 Å². The predicted molar refractivity (Wildman–Crippen MR) is 137 cm³/mol. The lowest BCUT2D eigenvalue weighted by molar-refractivity contribution is -0.225. The molecule has 14 heteroatoms. The summed E-state index contributed by atoms with van der Waals surface area (Å²) < 4.78 is 33.8. The highest BCUT2D eigenvalue weighted by atomic mass is 16.7. The van der Waals surface area contributed by atoms with E-state index in [0.717, 1.165) is 33.8 Å². The van der Waals surface area contributed by atoms with Gasteiger partial charge >= 0.3 is 29.8 Å². The zero-order chi connectivity index (χ0) is 31.6. The van der Waals surface area contributed by atoms with Crippen molar-refractivity contribution in [2.45, 2.75) is 102 Å². The second-order valence-electron chi connectivity index (χ2n) is 11.7. The Balaban J connectivity index is 2.08. The maximum Gasteiger partial charge on any atom is 0.342 e. The molecule has 10 atom stereocenters. The van der Waals surface area contributed by atoms with Crippen molar-refractivity contribution >= 4 is 29.8 Å². The van der Waals surface area contributed by atoms with Crippen LogP contribution in [0.3, 0.4) is 0 Å². The standard InChI is InChI=1S/C28H36O14/c1-12(29)37-11-16-8-21-28(27(7,42-28)24(35)41-21)23(40-15(4)32)22-25(5,19(9-17(16)33)38-13(2)30)20(39-14(3)31)10-18(34)26(22,6)36/h8,10,17-19,21-23,33-34,36H,9,11H2,1-7H3/b16-8-/t17-,18-,19+,21+,22-,23?,25+,26+,27+,28-/m1/s1. The summed E-state index contributed by atoms with van der Waals surface area (Å²) >= 11 is 0. The van der Waals surface area contributed by atoms with Crippen LogP contribution in [0.25, 0.3) is 0 Å². The van der Waals surface area contributed by atoms with Crippen LogP contribution in [0.4, 0.5) is 0 Å². The van der Waals surface area contributed by atoms with Crippen LogP contribution in [0, 0.1) is 11.3 Å². The molecule has 2 fully saturated rings. The van der Waals surface area contributed by atoms with Crippen molar-refractivity contribution in [3.63, 3.8) is 0 Å². The van der Waals surface area contributed by atoms with Gasteiger partial charge in [0.25, 0.3) is 0 Å². The van der Waals surface area contributed by atoms with Gasteiger partial charge in [-0.3, -0.25) is 19.2 Å². The van der Waals surface area contributed by atoms with Crippen molar-refractivity contribution in [1.82, 2.24) is 0 Å². The van der Waals surface area contributed by atoms with Gasteiger partial charge in [0, 0.05) is 40.0 Å². The van der Waals surface area contributed by atoms with E-state index in [0.29, 0.717) is 0 Å². The molecule has 1 unspecified atom stereocenters. The van der Waals surface area contributed by atoms with E-state index in [-0.39, 0.29) is 11.3 Å². The lowest BCUT2D eigenvalue weighted by atomic mass is 9.54. The van der Waals surface area contributed by atoms with Crippen LogP contribution in [-0.2, 0) is 52.4 Å². The Morgan fingerprint density at radius 3 is 2.10 bits per heavy atom. The fraction of sp³-hybridized carbons (Fsp3) is 0.679. The van der Waals surface area contributed by atoms with Crippen LogP contribution in [0.1, 0.15) is 54.9 Å². The Kier molecular flexibility index (Phi) is 7.85. The SMILES string of the molecule is CC(=O)OC/C1=C/[C@@H]2OC(=O)[C@]3(C)O[C@@]23C(OC(C)=O)[C@H]2[C@@](C)(O)[C@H](O)C=C(OC(C)=O)[C@]2(C)[C@@H](OC(C)=O)C[C@H]1O. The fourth-order valence-corrected chi connectivity index (χ4v) is 6.71. The number of aliphatic hydroxyl groups is 3. The maximum atomic E-state index is 13.1. The number of hydrogen-bond acceptors (Lipinski definition) is 14. The van der Waals surface area contributed by atoms with Gasteiger partial charge in [0.05, 0.1) is 17.1 Å². The van der Waals surface area contributed by atoms with Crippen LogP contribution in [0.2, 0.25) is 0 Å². The van der Waals surface area contributed by atoms with Crippen molar-refractivity contribution < 1.29 is 67.7 Å². The number of carbonyl (C=O) groups is 5. The Morgan fingerprint density at radius 2 is 1.57 bits per heavy atom. The molecule has 4 rings (SSSR count). The smallest absolute Gasteiger partial charge is 0.342 e. The normalized spacial score (nSPS) is 43.5. The fourth-order valence-electron chi connectivity index (χ4n) is 6.71. The van der Waals surface area contributed by atoms with Gasteiger partial charge in [-0.05, 0) is 38.5 Å². The average Bonchev–Trinajstić information content (AvgIpc) is 3.43. The average molecular weight is 597 g/mol. The molecule has 0 amide bonds. The van der Waals surface area contributed by atoms with Crippen molar-refractivity contribution in [3.05, 3.63) is 23.5 Å². The van der Waals surface area contributed by atoms with Gasteiger partial charge in [-0.25, -0.2) is 4.79 Å². The van der Waals surface area contributed by atoms with Crippen molar-refractivity contribution in [1.29, 1.82) is 0 Å². The summed E-state index contributed by atoms with van der Waals surface area (Å²) in [6, 6.07) is 0. The van der Waals surface area contributed by atoms with E-state index >= 15 is 0 Å². The maximum absolute atomic E-state index is 13.1. The molecule has 0 radical (unpaired) electrons. The third kappa shape index (κ3) is 4.79. The minimum absolute atomic E-state index is 0.0449. The van der Waals surface area contributed by atoms with Gasteiger partial charge in [0.15, 0.2) is 17.3 Å². The zero-order valence-electron chi connectivity index (χ0n) is 24.4. The molecule has 14 nitrogen and oxygen atoms in total. The predicted octanol–water partition coefficient (Wildman–Crippen LogP) is -0.248. The minimum Gasteiger partial charge on any atom is -0.461 e. The highest BCUT2D eigenvalue weighted by Gasteiger charge is 2.88. The van der Waals surface area contributed by atoms with Crippen LogP contribution in [0.5, 0.6) is 0 Å². The van der Waals surface area contributed by atoms with E-state index in [9.17, 15) is 39.3 Å². The van der Waals surface area contributed by atoms with Gasteiger partial charge in [-0.2, -0.15) is 0 Å². The van der Waals surface area contributed by atoms with Crippen LogP contribution >= 0.6 is 0 Å². The monoisotopic (exact) mass is 596 g/mol. The number of hydrogen-bond donors (Lipinski definition) is 3. The molecule has 3 N–H and O–H groups in total. The summed E-state index contributed by atoms with van der Waals surface area (Å²) in [4.78, 5) is 62.2. The van der Waals surface area contributed by atoms with Crippen LogP contribution < -0.4 is 0 Å². The van der Waals surface area contributed by atoms with Gasteiger partial charge in [-0.1, -0.05) is 0 Å². The summed E-state index contributed by atoms with van der Waals surface area (Å²) in [6.45, 7) is 8.08. The zero-order valence-corrected chi connectivity index (χ0v) is 24.4. The lowest BCUT2D eigenvalue weighted by Gasteiger charge is -2.56. The van der Waals surface area contributed by atoms with Gasteiger partial charge in [0.1, 0.15) is 30.7 Å². The quantitative estimate of drug-likeness (QED) is 0.162. The molecule has 2 heterocycles. The number of esters is 5. The number of aliphatic hydroxyl groups excluding tert-OH is 2. The molecule has 4 aliphatic rings. The van der Waals surface area contributed by atoms with Crippen molar-refractivity contribution in [2.24, 2.45) is 11.3 Å². The second kappa shape index (κ2) is 10.4. The largest absolute Gasteiger partial charge is 0.461 e. The second-order valence-corrected chi connectivity index (χ2v) is 11.7. The van der Waals surface area contributed by atoms with E-state index in [2.05, 4.69) is 0 Å². The van der Waals surface area contributed by atoms with Gasteiger partial charge in [0.2, 0.25) is 0 Å². The molecule has 232 valence electrons. The molecular formula is C28H36O14. The number of rotatable bonds is 5. The van der Waals surface area contributed by atoms with E-state index < -0.39 is 102 Å². The summed E-state index contributed by atoms with van der Waals surface area (Å²) in [7, 11) is 0.